The fourth-order valence-corrected chi connectivity index (χ4v) is 2.67. The number of hydrazine groups is 1. The number of methoxy groups -OCH3 is 1. The van der Waals surface area contributed by atoms with Crippen LogP contribution in [0.4, 0.5) is 5.69 Å². The fourth-order valence-electron chi connectivity index (χ4n) is 2.28. The number of benzene rings is 1. The van der Waals surface area contributed by atoms with Gasteiger partial charge in [0.05, 0.1) is 36.7 Å². The van der Waals surface area contributed by atoms with E-state index in [4.69, 9.17) is 9.47 Å². The molecule has 0 N–H and O–H groups in total. The molecule has 118 valence electrons. The molecule has 2 rings (SSSR count). The molecule has 22 heavy (non-hydrogen) atoms. The van der Waals surface area contributed by atoms with Crippen molar-refractivity contribution in [3.05, 3.63) is 23.3 Å². The summed E-state index contributed by atoms with van der Waals surface area (Å²) in [5.74, 6) is 0.215. The molecule has 0 bridgehead atoms. The second-order valence-corrected chi connectivity index (χ2v) is 5.27. The molecule has 0 atom stereocenters. The Balaban J connectivity index is 2.36. The number of thiol groups is 1. The SMILES string of the molecule is COc1c(C)cc(N=C=S)cc1C(=O)N(S)N1CCOCC1. The summed E-state index contributed by atoms with van der Waals surface area (Å²) in [6.07, 6.45) is 0. The maximum Gasteiger partial charge on any atom is 0.282 e. The number of aryl methyl sites for hydroxylation is 1. The van der Waals surface area contributed by atoms with Crippen LogP contribution in [0.25, 0.3) is 0 Å². The van der Waals surface area contributed by atoms with Crippen LogP contribution in [0.5, 0.6) is 5.75 Å². The summed E-state index contributed by atoms with van der Waals surface area (Å²) in [6, 6.07) is 3.41. The zero-order valence-corrected chi connectivity index (χ0v) is 14.1. The van der Waals surface area contributed by atoms with Gasteiger partial charge in [0.25, 0.3) is 5.91 Å². The van der Waals surface area contributed by atoms with Crippen LogP contribution < -0.4 is 4.74 Å². The minimum absolute atomic E-state index is 0.286. The number of ether oxygens (including phenoxy) is 2. The molecule has 1 aromatic carbocycles. The molecule has 0 radical (unpaired) electrons. The maximum atomic E-state index is 12.7. The Kier molecular flexibility index (Phi) is 5.93. The molecule has 8 heteroatoms. The van der Waals surface area contributed by atoms with Crippen LogP contribution in [-0.4, -0.2) is 53.9 Å². The number of nitrogens with zero attached hydrogens (tertiary/aromatic N) is 3. The maximum absolute atomic E-state index is 12.7. The number of aliphatic imine (C=N–C) groups is 1. The molecule has 0 unspecified atom stereocenters. The standard InChI is InChI=1S/C14H17N3O3S2/c1-10-7-11(15-9-21)8-12(13(10)19-2)14(18)17(22)16-3-5-20-6-4-16/h7-8,22H,3-6H2,1-2H3. The van der Waals surface area contributed by atoms with Crippen molar-refractivity contribution in [1.82, 2.24) is 9.42 Å². The van der Waals surface area contributed by atoms with Gasteiger partial charge in [0.1, 0.15) is 5.75 Å². The summed E-state index contributed by atoms with van der Waals surface area (Å²) < 4.78 is 11.9. The molecule has 1 saturated heterocycles. The first-order valence-electron chi connectivity index (χ1n) is 6.71. The molecular weight excluding hydrogens is 322 g/mol. The lowest BCUT2D eigenvalue weighted by Gasteiger charge is -2.33. The Labute approximate surface area is 140 Å². The molecule has 1 aromatic rings. The number of hydrogen-bond acceptors (Lipinski definition) is 7. The molecule has 1 amide bonds. The predicted molar refractivity (Wildman–Crippen MR) is 90.0 cm³/mol. The van der Waals surface area contributed by atoms with Gasteiger partial charge in [0.15, 0.2) is 0 Å². The quantitative estimate of drug-likeness (QED) is 0.518. The summed E-state index contributed by atoms with van der Waals surface area (Å²) in [5.41, 5.74) is 1.73. The highest BCUT2D eigenvalue weighted by Gasteiger charge is 2.25. The van der Waals surface area contributed by atoms with E-state index in [9.17, 15) is 4.79 Å². The number of hydrogen-bond donors (Lipinski definition) is 1. The van der Waals surface area contributed by atoms with E-state index in [1.165, 1.54) is 11.5 Å². The monoisotopic (exact) mass is 339 g/mol. The van der Waals surface area contributed by atoms with Gasteiger partial charge in [0, 0.05) is 13.1 Å². The molecular formula is C14H17N3O3S2. The molecule has 0 aliphatic carbocycles. The first-order valence-corrected chi connectivity index (χ1v) is 7.51. The molecule has 1 aliphatic rings. The van der Waals surface area contributed by atoms with Crippen molar-refractivity contribution in [1.29, 1.82) is 0 Å². The summed E-state index contributed by atoms with van der Waals surface area (Å²) >= 11 is 8.94. The smallest absolute Gasteiger partial charge is 0.282 e. The lowest BCUT2D eigenvalue weighted by Crippen LogP contribution is -2.46. The highest BCUT2D eigenvalue weighted by molar-refractivity contribution is 7.78. The van der Waals surface area contributed by atoms with Crippen LogP contribution in [0.15, 0.2) is 17.1 Å². The van der Waals surface area contributed by atoms with Crippen molar-refractivity contribution >= 4 is 41.8 Å². The number of carbonyl (C=O) groups excluding carboxylic acids is 1. The number of morpholine rings is 1. The minimum Gasteiger partial charge on any atom is -0.496 e. The molecule has 1 fully saturated rings. The third-order valence-electron chi connectivity index (χ3n) is 3.31. The third-order valence-corrected chi connectivity index (χ3v) is 3.83. The molecule has 1 aliphatic heterocycles. The van der Waals surface area contributed by atoms with Crippen LogP contribution >= 0.6 is 25.0 Å². The molecule has 6 nitrogen and oxygen atoms in total. The van der Waals surface area contributed by atoms with Gasteiger partial charge in [0.2, 0.25) is 0 Å². The van der Waals surface area contributed by atoms with E-state index < -0.39 is 0 Å². The lowest BCUT2D eigenvalue weighted by molar-refractivity contribution is -0.0265. The normalized spacial score (nSPS) is 15.0. The van der Waals surface area contributed by atoms with Crippen LogP contribution in [0.3, 0.4) is 0 Å². The second-order valence-electron chi connectivity index (χ2n) is 4.71. The predicted octanol–water partition coefficient (Wildman–Crippen LogP) is 2.27. The van der Waals surface area contributed by atoms with E-state index in [0.29, 0.717) is 43.3 Å². The van der Waals surface area contributed by atoms with Gasteiger partial charge < -0.3 is 9.47 Å². The molecule has 1 heterocycles. The Morgan fingerprint density at radius 3 is 2.77 bits per heavy atom. The zero-order valence-electron chi connectivity index (χ0n) is 12.4. The van der Waals surface area contributed by atoms with Gasteiger partial charge in [-0.1, -0.05) is 0 Å². The van der Waals surface area contributed by atoms with Crippen molar-refractivity contribution in [2.24, 2.45) is 4.99 Å². The van der Waals surface area contributed by atoms with Crippen molar-refractivity contribution in [2.75, 3.05) is 33.4 Å². The van der Waals surface area contributed by atoms with Crippen LogP contribution in [0.2, 0.25) is 0 Å². The summed E-state index contributed by atoms with van der Waals surface area (Å²) in [4.78, 5) is 16.7. The van der Waals surface area contributed by atoms with Crippen LogP contribution in [-0.2, 0) is 4.74 Å². The zero-order chi connectivity index (χ0) is 16.1. The average molecular weight is 339 g/mol. The van der Waals surface area contributed by atoms with Gasteiger partial charge in [-0.25, -0.2) is 9.42 Å². The second kappa shape index (κ2) is 7.71. The van der Waals surface area contributed by atoms with Gasteiger partial charge in [-0.05, 0) is 49.7 Å². The average Bonchev–Trinajstić information content (AvgIpc) is 2.54. The molecule has 0 aromatic heterocycles. The highest BCUT2D eigenvalue weighted by Crippen LogP contribution is 2.30. The number of thiocarbonyl (C=S) groups is 1. The summed E-state index contributed by atoms with van der Waals surface area (Å²) in [7, 11) is 1.53. The fraction of sp³-hybridized carbons (Fsp3) is 0.429. The lowest BCUT2D eigenvalue weighted by atomic mass is 10.1. The molecule has 0 saturated carbocycles. The van der Waals surface area contributed by atoms with Crippen molar-refractivity contribution in [3.63, 3.8) is 0 Å². The Bertz CT molecular complexity index is 612. The summed E-state index contributed by atoms with van der Waals surface area (Å²) in [6.45, 7) is 4.18. The molecule has 0 spiro atoms. The van der Waals surface area contributed by atoms with E-state index in [-0.39, 0.29) is 5.91 Å². The van der Waals surface area contributed by atoms with E-state index in [0.717, 1.165) is 5.56 Å². The Morgan fingerprint density at radius 2 is 2.18 bits per heavy atom. The van der Waals surface area contributed by atoms with E-state index >= 15 is 0 Å². The largest absolute Gasteiger partial charge is 0.496 e. The van der Waals surface area contributed by atoms with E-state index in [1.54, 1.807) is 12.1 Å². The Morgan fingerprint density at radius 1 is 1.50 bits per heavy atom. The van der Waals surface area contributed by atoms with E-state index in [2.05, 4.69) is 35.2 Å². The number of amides is 1. The topological polar surface area (TPSA) is 54.4 Å². The third kappa shape index (κ3) is 3.66. The Hall–Kier alpha value is -1.44. The van der Waals surface area contributed by atoms with E-state index in [1.807, 2.05) is 11.9 Å². The van der Waals surface area contributed by atoms with Gasteiger partial charge in [-0.15, -0.1) is 0 Å². The van der Waals surface area contributed by atoms with Gasteiger partial charge >= 0.3 is 0 Å². The number of isothiocyanates is 1. The van der Waals surface area contributed by atoms with Crippen LogP contribution in [0.1, 0.15) is 15.9 Å². The van der Waals surface area contributed by atoms with Gasteiger partial charge in [-0.3, -0.25) is 4.79 Å². The first-order chi connectivity index (χ1) is 10.6. The van der Waals surface area contributed by atoms with Crippen molar-refractivity contribution in [2.45, 2.75) is 6.92 Å². The first kappa shape index (κ1) is 16.9. The number of carbonyl (C=O) groups is 1. The summed E-state index contributed by atoms with van der Waals surface area (Å²) in [5, 5.41) is 4.12. The van der Waals surface area contributed by atoms with Crippen molar-refractivity contribution < 1.29 is 14.3 Å². The van der Waals surface area contributed by atoms with Crippen LogP contribution in [0, 0.1) is 6.92 Å². The minimum atomic E-state index is -0.286. The van der Waals surface area contributed by atoms with Crippen molar-refractivity contribution in [3.8, 4) is 5.75 Å². The number of rotatable bonds is 4. The highest BCUT2D eigenvalue weighted by atomic mass is 32.1. The van der Waals surface area contributed by atoms with Gasteiger partial charge in [-0.2, -0.15) is 4.99 Å².